The number of esters is 1. The number of ketones is 1. The number of nitro benzene ring substituents is 1. The predicted molar refractivity (Wildman–Crippen MR) is 85.4 cm³/mol. The zero-order chi connectivity index (χ0) is 17.7. The first kappa shape index (κ1) is 17.1. The van der Waals surface area contributed by atoms with Crippen LogP contribution in [0.3, 0.4) is 0 Å². The average molecular weight is 329 g/mol. The summed E-state index contributed by atoms with van der Waals surface area (Å²) in [6.07, 6.45) is 0. The number of hydrogen-bond acceptors (Lipinski definition) is 6. The van der Waals surface area contributed by atoms with Gasteiger partial charge in [-0.25, -0.2) is 4.79 Å². The number of benzene rings is 2. The maximum atomic E-state index is 12.1. The summed E-state index contributed by atoms with van der Waals surface area (Å²) in [5.74, 6) is -0.853. The molecule has 7 nitrogen and oxygen atoms in total. The van der Waals surface area contributed by atoms with Crippen molar-refractivity contribution >= 4 is 17.4 Å². The summed E-state index contributed by atoms with van der Waals surface area (Å²) < 4.78 is 10.0. The molecule has 0 bridgehead atoms. The van der Waals surface area contributed by atoms with E-state index in [1.807, 2.05) is 0 Å². The summed E-state index contributed by atoms with van der Waals surface area (Å²) >= 11 is 0. The van der Waals surface area contributed by atoms with Gasteiger partial charge in [-0.15, -0.1) is 0 Å². The number of rotatable bonds is 6. The van der Waals surface area contributed by atoms with E-state index in [-0.39, 0.29) is 11.3 Å². The van der Waals surface area contributed by atoms with E-state index in [1.54, 1.807) is 31.2 Å². The molecule has 0 N–H and O–H groups in total. The third-order valence-electron chi connectivity index (χ3n) is 3.38. The number of nitrogens with zero attached hydrogens (tertiary/aromatic N) is 1. The Morgan fingerprint density at radius 1 is 1.17 bits per heavy atom. The molecule has 0 amide bonds. The van der Waals surface area contributed by atoms with Crippen LogP contribution in [-0.4, -0.2) is 30.4 Å². The van der Waals surface area contributed by atoms with E-state index >= 15 is 0 Å². The largest absolute Gasteiger partial charge is 0.496 e. The summed E-state index contributed by atoms with van der Waals surface area (Å²) in [5, 5.41) is 10.9. The molecule has 124 valence electrons. The van der Waals surface area contributed by atoms with Crippen LogP contribution in [0, 0.1) is 17.0 Å². The lowest BCUT2D eigenvalue weighted by molar-refractivity contribution is -0.385. The normalized spacial score (nSPS) is 10.1. The summed E-state index contributed by atoms with van der Waals surface area (Å²) in [7, 11) is 1.43. The van der Waals surface area contributed by atoms with Crippen molar-refractivity contribution in [2.45, 2.75) is 6.92 Å². The van der Waals surface area contributed by atoms with Crippen molar-refractivity contribution in [2.24, 2.45) is 0 Å². The van der Waals surface area contributed by atoms with E-state index in [1.165, 1.54) is 19.2 Å². The minimum atomic E-state index is -0.804. The third-order valence-corrected chi connectivity index (χ3v) is 3.38. The Hall–Kier alpha value is -3.22. The number of ether oxygens (including phenoxy) is 2. The molecule has 0 aliphatic heterocycles. The molecule has 24 heavy (non-hydrogen) atoms. The first-order chi connectivity index (χ1) is 11.4. The van der Waals surface area contributed by atoms with Gasteiger partial charge in [0.05, 0.1) is 23.2 Å². The predicted octanol–water partition coefficient (Wildman–Crippen LogP) is 2.95. The minimum Gasteiger partial charge on any atom is -0.496 e. The van der Waals surface area contributed by atoms with Crippen LogP contribution in [0.4, 0.5) is 5.69 Å². The van der Waals surface area contributed by atoms with Crippen molar-refractivity contribution in [3.63, 3.8) is 0 Å². The smallest absolute Gasteiger partial charge is 0.338 e. The molecule has 0 unspecified atom stereocenters. The standard InChI is InChI=1S/C17H15NO6/c1-11-7-8-12(9-14(11)18(21)22)17(20)24-10-15(19)13-5-3-4-6-16(13)23-2/h3-9H,10H2,1-2H3. The lowest BCUT2D eigenvalue weighted by Gasteiger charge is -2.08. The highest BCUT2D eigenvalue weighted by molar-refractivity contribution is 6.01. The molecular formula is C17H15NO6. The number of aryl methyl sites for hydroxylation is 1. The lowest BCUT2D eigenvalue weighted by Crippen LogP contribution is -2.15. The van der Waals surface area contributed by atoms with Crippen LogP contribution in [0.1, 0.15) is 26.3 Å². The number of Topliss-reactive ketones (excluding diaryl/α,β-unsaturated/α-hetero) is 1. The maximum Gasteiger partial charge on any atom is 0.338 e. The van der Waals surface area contributed by atoms with E-state index in [9.17, 15) is 19.7 Å². The van der Waals surface area contributed by atoms with Crippen molar-refractivity contribution in [1.82, 2.24) is 0 Å². The van der Waals surface area contributed by atoms with Gasteiger partial charge in [0.15, 0.2) is 6.61 Å². The summed E-state index contributed by atoms with van der Waals surface area (Å²) in [6, 6.07) is 10.6. The fourth-order valence-electron chi connectivity index (χ4n) is 2.10. The second-order valence-corrected chi connectivity index (χ2v) is 4.96. The molecule has 0 aromatic heterocycles. The lowest BCUT2D eigenvalue weighted by atomic mass is 10.1. The number of methoxy groups -OCH3 is 1. The van der Waals surface area contributed by atoms with E-state index in [4.69, 9.17) is 9.47 Å². The van der Waals surface area contributed by atoms with E-state index < -0.39 is 23.3 Å². The van der Waals surface area contributed by atoms with Crippen LogP contribution < -0.4 is 4.74 Å². The fourth-order valence-corrected chi connectivity index (χ4v) is 2.10. The molecule has 0 aliphatic rings. The SMILES string of the molecule is COc1ccccc1C(=O)COC(=O)c1ccc(C)c([N+](=O)[O-])c1. The second-order valence-electron chi connectivity index (χ2n) is 4.96. The molecule has 7 heteroatoms. The zero-order valence-corrected chi connectivity index (χ0v) is 13.1. The Morgan fingerprint density at radius 2 is 1.88 bits per heavy atom. The Kier molecular flexibility index (Phi) is 5.26. The molecule has 0 atom stereocenters. The Labute approximate surface area is 138 Å². The highest BCUT2D eigenvalue weighted by Gasteiger charge is 2.18. The van der Waals surface area contributed by atoms with Gasteiger partial charge in [-0.3, -0.25) is 14.9 Å². The molecule has 0 saturated heterocycles. The summed E-state index contributed by atoms with van der Waals surface area (Å²) in [4.78, 5) is 34.4. The molecule has 0 spiro atoms. The van der Waals surface area contributed by atoms with Crippen LogP contribution in [0.25, 0.3) is 0 Å². The molecule has 0 saturated carbocycles. The highest BCUT2D eigenvalue weighted by Crippen LogP contribution is 2.21. The number of nitro groups is 1. The van der Waals surface area contributed by atoms with Crippen LogP contribution in [0.5, 0.6) is 5.75 Å². The fraction of sp³-hybridized carbons (Fsp3) is 0.176. The van der Waals surface area contributed by atoms with Gasteiger partial charge < -0.3 is 9.47 Å². The summed E-state index contributed by atoms with van der Waals surface area (Å²) in [6.45, 7) is 1.08. The molecular weight excluding hydrogens is 314 g/mol. The van der Waals surface area contributed by atoms with Crippen molar-refractivity contribution in [3.05, 3.63) is 69.3 Å². The first-order valence-corrected chi connectivity index (χ1v) is 7.02. The van der Waals surface area contributed by atoms with Crippen molar-refractivity contribution < 1.29 is 24.0 Å². The Morgan fingerprint density at radius 3 is 2.54 bits per heavy atom. The van der Waals surface area contributed by atoms with Gasteiger partial charge in [0.25, 0.3) is 5.69 Å². The molecule has 0 heterocycles. The average Bonchev–Trinajstić information content (AvgIpc) is 2.59. The van der Waals surface area contributed by atoms with Gasteiger partial charge in [0.1, 0.15) is 5.75 Å². The molecule has 2 aromatic rings. The van der Waals surface area contributed by atoms with Crippen molar-refractivity contribution in [3.8, 4) is 5.75 Å². The van der Waals surface area contributed by atoms with Gasteiger partial charge >= 0.3 is 5.97 Å². The van der Waals surface area contributed by atoms with E-state index in [0.717, 1.165) is 6.07 Å². The number of carbonyl (C=O) groups is 2. The minimum absolute atomic E-state index is 0.0140. The quantitative estimate of drug-likeness (QED) is 0.350. The van der Waals surface area contributed by atoms with Gasteiger partial charge in [-0.1, -0.05) is 18.2 Å². The van der Waals surface area contributed by atoms with Crippen LogP contribution in [0.2, 0.25) is 0 Å². The molecule has 2 rings (SSSR count). The third kappa shape index (κ3) is 3.75. The van der Waals surface area contributed by atoms with Gasteiger partial charge in [0, 0.05) is 11.6 Å². The van der Waals surface area contributed by atoms with Gasteiger partial charge in [0.2, 0.25) is 5.78 Å². The van der Waals surface area contributed by atoms with Crippen LogP contribution in [0.15, 0.2) is 42.5 Å². The van der Waals surface area contributed by atoms with E-state index in [2.05, 4.69) is 0 Å². The molecule has 0 aliphatic carbocycles. The Balaban J connectivity index is 2.09. The van der Waals surface area contributed by atoms with Gasteiger partial charge in [-0.2, -0.15) is 0 Å². The maximum absolute atomic E-state index is 12.1. The van der Waals surface area contributed by atoms with E-state index in [0.29, 0.717) is 16.9 Å². The topological polar surface area (TPSA) is 95.7 Å². The monoisotopic (exact) mass is 329 g/mol. The van der Waals surface area contributed by atoms with Crippen molar-refractivity contribution in [1.29, 1.82) is 0 Å². The molecule has 0 radical (unpaired) electrons. The highest BCUT2D eigenvalue weighted by atomic mass is 16.6. The Bertz CT molecular complexity index is 799. The number of carbonyl (C=O) groups excluding carboxylic acids is 2. The van der Waals surface area contributed by atoms with Crippen LogP contribution >= 0.6 is 0 Å². The zero-order valence-electron chi connectivity index (χ0n) is 13.1. The molecule has 0 fully saturated rings. The molecule has 2 aromatic carbocycles. The van der Waals surface area contributed by atoms with Gasteiger partial charge in [-0.05, 0) is 25.1 Å². The number of hydrogen-bond donors (Lipinski definition) is 0. The van der Waals surface area contributed by atoms with Crippen LogP contribution in [-0.2, 0) is 4.74 Å². The van der Waals surface area contributed by atoms with Crippen molar-refractivity contribution in [2.75, 3.05) is 13.7 Å². The first-order valence-electron chi connectivity index (χ1n) is 7.02. The second kappa shape index (κ2) is 7.36. The summed E-state index contributed by atoms with van der Waals surface area (Å²) in [5.41, 5.74) is 0.560. The number of para-hydroxylation sites is 1.